The second kappa shape index (κ2) is 8.04. The molecule has 2 aromatic rings. The average molecular weight is 399 g/mol. The van der Waals surface area contributed by atoms with Gasteiger partial charge in [0.15, 0.2) is 11.9 Å². The van der Waals surface area contributed by atoms with Gasteiger partial charge in [-0.3, -0.25) is 4.79 Å². The fourth-order valence-electron chi connectivity index (χ4n) is 3.57. The Bertz CT molecular complexity index is 869. The number of hydrogen-bond acceptors (Lipinski definition) is 5. The fraction of sp³-hybridized carbons (Fsp3) is 0.611. The molecule has 1 atom stereocenters. The molecule has 0 aliphatic heterocycles. The zero-order chi connectivity index (χ0) is 20.5. The first kappa shape index (κ1) is 20.5. The highest BCUT2D eigenvalue weighted by Gasteiger charge is 2.38. The molecule has 0 spiro atoms. The Labute approximate surface area is 160 Å². The molecule has 7 nitrogen and oxygen atoms in total. The molecule has 10 heteroatoms. The molecule has 1 saturated carbocycles. The maximum atomic E-state index is 12.4. The third kappa shape index (κ3) is 4.61. The quantitative estimate of drug-likeness (QED) is 0.804. The molecule has 1 aliphatic carbocycles. The minimum Gasteiger partial charge on any atom is -0.382 e. The molecule has 1 unspecified atom stereocenters. The molecular formula is C18H24F3N5O2. The highest BCUT2D eigenvalue weighted by atomic mass is 19.4. The monoisotopic (exact) mass is 399 g/mol. The van der Waals surface area contributed by atoms with Gasteiger partial charge in [0.05, 0.1) is 11.7 Å². The van der Waals surface area contributed by atoms with E-state index in [0.29, 0.717) is 31.5 Å². The van der Waals surface area contributed by atoms with Crippen LogP contribution in [0, 0.1) is 13.8 Å². The van der Waals surface area contributed by atoms with E-state index >= 15 is 0 Å². The topological polar surface area (TPSA) is 85.0 Å². The van der Waals surface area contributed by atoms with Gasteiger partial charge in [-0.2, -0.15) is 18.3 Å². The first-order valence-corrected chi connectivity index (χ1v) is 9.27. The average Bonchev–Trinajstić information content (AvgIpc) is 2.98. The van der Waals surface area contributed by atoms with E-state index in [1.54, 1.807) is 10.7 Å². The van der Waals surface area contributed by atoms with Crippen molar-refractivity contribution in [3.05, 3.63) is 39.9 Å². The summed E-state index contributed by atoms with van der Waals surface area (Å²) in [6.07, 6.45) is -4.54. The molecule has 0 saturated heterocycles. The third-order valence-electron chi connectivity index (χ3n) is 5.06. The Morgan fingerprint density at radius 2 is 1.89 bits per heavy atom. The number of aliphatic hydroxyl groups is 1. The van der Waals surface area contributed by atoms with Crippen LogP contribution in [0.2, 0.25) is 0 Å². The molecule has 1 fully saturated rings. The van der Waals surface area contributed by atoms with Crippen LogP contribution in [0.4, 0.5) is 13.2 Å². The number of hydrogen-bond donors (Lipinski definition) is 2. The van der Waals surface area contributed by atoms with Crippen molar-refractivity contribution >= 4 is 0 Å². The lowest BCUT2D eigenvalue weighted by atomic mass is 9.91. The number of aliphatic hydroxyl groups excluding tert-OH is 1. The van der Waals surface area contributed by atoms with Gasteiger partial charge in [0, 0.05) is 24.3 Å². The van der Waals surface area contributed by atoms with Crippen molar-refractivity contribution in [3.63, 3.8) is 0 Å². The van der Waals surface area contributed by atoms with Gasteiger partial charge >= 0.3 is 6.18 Å². The van der Waals surface area contributed by atoms with Crippen LogP contribution in [0.3, 0.4) is 0 Å². The number of rotatable bonds is 5. The second-order valence-corrected chi connectivity index (χ2v) is 7.28. The van der Waals surface area contributed by atoms with Gasteiger partial charge in [-0.05, 0) is 51.7 Å². The molecule has 2 heterocycles. The first-order chi connectivity index (χ1) is 13.1. The number of nitrogens with one attached hydrogen (secondary N) is 1. The molecule has 154 valence electrons. The van der Waals surface area contributed by atoms with Gasteiger partial charge < -0.3 is 10.4 Å². The molecule has 0 radical (unpaired) electrons. The Hall–Kier alpha value is -2.20. The molecule has 3 rings (SSSR count). The summed E-state index contributed by atoms with van der Waals surface area (Å²) in [4.78, 5) is 12.3. The van der Waals surface area contributed by atoms with Crippen LogP contribution in [0.25, 0.3) is 5.82 Å². The van der Waals surface area contributed by atoms with Crippen LogP contribution in [0.5, 0.6) is 0 Å². The number of halogens is 3. The summed E-state index contributed by atoms with van der Waals surface area (Å²) in [5.41, 5.74) is 1.55. The standard InChI is InChI=1S/C18H24F3N5O2/c1-11-9-12(2)25(23-11)16-7-8-17(28)26(24-16)14-5-3-13(4-6-14)22-10-15(27)18(19,20)21/h7-9,13-15,22,27H,3-6,10H2,1-2H3. The Balaban J connectivity index is 1.65. The van der Waals surface area contributed by atoms with Crippen molar-refractivity contribution in [2.45, 2.75) is 63.9 Å². The molecule has 1 aliphatic rings. The Morgan fingerprint density at radius 1 is 1.21 bits per heavy atom. The molecule has 0 amide bonds. The van der Waals surface area contributed by atoms with Crippen molar-refractivity contribution < 1.29 is 18.3 Å². The smallest absolute Gasteiger partial charge is 0.382 e. The molecule has 0 aromatic carbocycles. The summed E-state index contributed by atoms with van der Waals surface area (Å²) in [5.74, 6) is 0.554. The number of aromatic nitrogens is 4. The SMILES string of the molecule is Cc1cc(C)n(-c2ccc(=O)n(C3CCC(NCC(O)C(F)(F)F)CC3)n2)n1. The Morgan fingerprint density at radius 3 is 2.46 bits per heavy atom. The maximum Gasteiger partial charge on any atom is 0.415 e. The van der Waals surface area contributed by atoms with Crippen molar-refractivity contribution in [2.75, 3.05) is 6.54 Å². The van der Waals surface area contributed by atoms with Gasteiger partial charge in [0.25, 0.3) is 5.56 Å². The van der Waals surface area contributed by atoms with Crippen molar-refractivity contribution in [1.82, 2.24) is 24.9 Å². The number of alkyl halides is 3. The number of aryl methyl sites for hydroxylation is 2. The summed E-state index contributed by atoms with van der Waals surface area (Å²) in [5, 5.41) is 20.7. The lowest BCUT2D eigenvalue weighted by Crippen LogP contribution is -2.44. The summed E-state index contributed by atoms with van der Waals surface area (Å²) < 4.78 is 40.3. The van der Waals surface area contributed by atoms with Gasteiger partial charge in [-0.1, -0.05) is 0 Å². The predicted octanol–water partition coefficient (Wildman–Crippen LogP) is 2.04. The Kier molecular flexibility index (Phi) is 5.90. The van der Waals surface area contributed by atoms with Crippen LogP contribution in [0.1, 0.15) is 43.1 Å². The van der Waals surface area contributed by atoms with Crippen LogP contribution in [-0.4, -0.2) is 49.5 Å². The molecule has 0 bridgehead atoms. The van der Waals surface area contributed by atoms with Crippen molar-refractivity contribution in [3.8, 4) is 5.82 Å². The van der Waals surface area contributed by atoms with Crippen LogP contribution in [-0.2, 0) is 0 Å². The maximum absolute atomic E-state index is 12.4. The van der Waals surface area contributed by atoms with E-state index in [9.17, 15) is 18.0 Å². The van der Waals surface area contributed by atoms with Crippen LogP contribution in [0.15, 0.2) is 23.0 Å². The minimum absolute atomic E-state index is 0.116. The second-order valence-electron chi connectivity index (χ2n) is 7.28. The van der Waals surface area contributed by atoms with Gasteiger partial charge in [-0.25, -0.2) is 9.36 Å². The van der Waals surface area contributed by atoms with E-state index in [4.69, 9.17) is 5.11 Å². The molecule has 2 N–H and O–H groups in total. The summed E-state index contributed by atoms with van der Waals surface area (Å²) in [7, 11) is 0. The largest absolute Gasteiger partial charge is 0.415 e. The van der Waals surface area contributed by atoms with E-state index in [0.717, 1.165) is 11.4 Å². The van der Waals surface area contributed by atoms with E-state index < -0.39 is 18.8 Å². The van der Waals surface area contributed by atoms with Gasteiger partial charge in [0.1, 0.15) is 0 Å². The zero-order valence-electron chi connectivity index (χ0n) is 15.8. The van der Waals surface area contributed by atoms with E-state index in [1.165, 1.54) is 10.7 Å². The summed E-state index contributed by atoms with van der Waals surface area (Å²) in [6, 6.07) is 4.77. The highest BCUT2D eigenvalue weighted by Crippen LogP contribution is 2.27. The predicted molar refractivity (Wildman–Crippen MR) is 96.5 cm³/mol. The van der Waals surface area contributed by atoms with Gasteiger partial charge in [0.2, 0.25) is 0 Å². The van der Waals surface area contributed by atoms with Gasteiger partial charge in [-0.15, -0.1) is 5.10 Å². The van der Waals surface area contributed by atoms with Crippen molar-refractivity contribution in [2.24, 2.45) is 0 Å². The lowest BCUT2D eigenvalue weighted by molar-refractivity contribution is -0.202. The number of nitrogens with zero attached hydrogens (tertiary/aromatic N) is 4. The zero-order valence-corrected chi connectivity index (χ0v) is 15.8. The van der Waals surface area contributed by atoms with Crippen molar-refractivity contribution in [1.29, 1.82) is 0 Å². The lowest BCUT2D eigenvalue weighted by Gasteiger charge is -2.30. The minimum atomic E-state index is -4.62. The molecular weight excluding hydrogens is 375 g/mol. The molecule has 2 aromatic heterocycles. The normalized spacial score (nSPS) is 21.6. The third-order valence-corrected chi connectivity index (χ3v) is 5.06. The summed E-state index contributed by atoms with van der Waals surface area (Å²) >= 11 is 0. The van der Waals surface area contributed by atoms with E-state index in [1.807, 2.05) is 19.9 Å². The fourth-order valence-corrected chi connectivity index (χ4v) is 3.57. The van der Waals surface area contributed by atoms with Crippen LogP contribution >= 0.6 is 0 Å². The van der Waals surface area contributed by atoms with Crippen LogP contribution < -0.4 is 10.9 Å². The first-order valence-electron chi connectivity index (χ1n) is 9.27. The van der Waals surface area contributed by atoms with E-state index in [-0.39, 0.29) is 17.6 Å². The highest BCUT2D eigenvalue weighted by molar-refractivity contribution is 5.23. The summed E-state index contributed by atoms with van der Waals surface area (Å²) in [6.45, 7) is 3.26. The molecule has 28 heavy (non-hydrogen) atoms. The van der Waals surface area contributed by atoms with E-state index in [2.05, 4.69) is 15.5 Å².